The summed E-state index contributed by atoms with van der Waals surface area (Å²) >= 11 is 0. The van der Waals surface area contributed by atoms with Crippen molar-refractivity contribution in [3.8, 4) is 17.2 Å². The number of nitrogens with one attached hydrogen (secondary N) is 2. The van der Waals surface area contributed by atoms with Crippen molar-refractivity contribution in [2.45, 2.75) is 26.7 Å². The minimum atomic E-state index is -0.263. The van der Waals surface area contributed by atoms with E-state index in [0.29, 0.717) is 42.5 Å². The molecule has 2 aromatic rings. The van der Waals surface area contributed by atoms with Crippen molar-refractivity contribution in [1.82, 2.24) is 5.32 Å². The molecule has 2 rings (SSSR count). The first-order valence-electron chi connectivity index (χ1n) is 9.06. The third-order valence-electron chi connectivity index (χ3n) is 3.99. The molecule has 0 atom stereocenters. The summed E-state index contributed by atoms with van der Waals surface area (Å²) in [7, 11) is 3.21. The van der Waals surface area contributed by atoms with Gasteiger partial charge in [-0.25, -0.2) is 4.79 Å². The molecule has 0 saturated carbocycles. The maximum absolute atomic E-state index is 12.2. The third kappa shape index (κ3) is 6.09. The normalized spacial score (nSPS) is 10.2. The van der Waals surface area contributed by atoms with Gasteiger partial charge in [-0.1, -0.05) is 19.1 Å². The molecule has 0 unspecified atom stereocenters. The number of methoxy groups -OCH3 is 2. The number of benzene rings is 2. The topological polar surface area (TPSA) is 68.8 Å². The van der Waals surface area contributed by atoms with Crippen molar-refractivity contribution in [1.29, 1.82) is 0 Å². The molecule has 6 nitrogen and oxygen atoms in total. The third-order valence-corrected chi connectivity index (χ3v) is 3.99. The molecule has 0 heterocycles. The Morgan fingerprint density at radius 2 is 1.78 bits per heavy atom. The summed E-state index contributed by atoms with van der Waals surface area (Å²) in [4.78, 5) is 12.2. The highest BCUT2D eigenvalue weighted by Gasteiger charge is 2.09. The Bertz CT molecular complexity index is 762. The highest BCUT2D eigenvalue weighted by atomic mass is 16.5. The molecule has 0 saturated heterocycles. The molecule has 0 aromatic heterocycles. The Morgan fingerprint density at radius 1 is 1.00 bits per heavy atom. The summed E-state index contributed by atoms with van der Waals surface area (Å²) < 4.78 is 16.3. The first-order valence-corrected chi connectivity index (χ1v) is 9.06. The van der Waals surface area contributed by atoms with Crippen molar-refractivity contribution >= 4 is 11.7 Å². The van der Waals surface area contributed by atoms with Crippen molar-refractivity contribution < 1.29 is 19.0 Å². The predicted molar refractivity (Wildman–Crippen MR) is 107 cm³/mol. The van der Waals surface area contributed by atoms with E-state index >= 15 is 0 Å². The number of urea groups is 1. The molecule has 2 aromatic carbocycles. The van der Waals surface area contributed by atoms with E-state index in [4.69, 9.17) is 14.2 Å². The number of aryl methyl sites for hydroxylation is 1. The van der Waals surface area contributed by atoms with Crippen LogP contribution in [0.3, 0.4) is 0 Å². The van der Waals surface area contributed by atoms with E-state index in [-0.39, 0.29) is 6.03 Å². The van der Waals surface area contributed by atoms with Crippen LogP contribution in [0.2, 0.25) is 0 Å². The van der Waals surface area contributed by atoms with Crippen molar-refractivity contribution in [2.24, 2.45) is 0 Å². The van der Waals surface area contributed by atoms with Gasteiger partial charge in [-0.05, 0) is 55.2 Å². The number of anilines is 1. The zero-order valence-electron chi connectivity index (χ0n) is 16.4. The van der Waals surface area contributed by atoms with E-state index in [1.165, 1.54) is 0 Å². The molecule has 0 aliphatic rings. The summed E-state index contributed by atoms with van der Waals surface area (Å²) in [6, 6.07) is 11.2. The van der Waals surface area contributed by atoms with Crippen LogP contribution in [0.5, 0.6) is 17.2 Å². The van der Waals surface area contributed by atoms with Crippen LogP contribution in [0, 0.1) is 6.92 Å². The van der Waals surface area contributed by atoms with Crippen LogP contribution in [-0.2, 0) is 6.42 Å². The predicted octanol–water partition coefficient (Wildman–Crippen LogP) is 4.17. The van der Waals surface area contributed by atoms with Gasteiger partial charge < -0.3 is 24.8 Å². The Morgan fingerprint density at radius 3 is 2.48 bits per heavy atom. The first kappa shape index (κ1) is 20.4. The second-order valence-corrected chi connectivity index (χ2v) is 6.17. The molecule has 0 spiro atoms. The molecule has 0 bridgehead atoms. The van der Waals surface area contributed by atoms with E-state index in [1.807, 2.05) is 50.2 Å². The van der Waals surface area contributed by atoms with Crippen LogP contribution in [0.1, 0.15) is 24.5 Å². The lowest BCUT2D eigenvalue weighted by molar-refractivity contribution is 0.252. The Balaban J connectivity index is 1.90. The fourth-order valence-corrected chi connectivity index (χ4v) is 2.59. The van der Waals surface area contributed by atoms with Gasteiger partial charge in [-0.2, -0.15) is 0 Å². The molecule has 27 heavy (non-hydrogen) atoms. The van der Waals surface area contributed by atoms with E-state index in [1.54, 1.807) is 14.2 Å². The first-order chi connectivity index (χ1) is 13.1. The quantitative estimate of drug-likeness (QED) is 0.693. The van der Waals surface area contributed by atoms with Crippen molar-refractivity contribution in [3.05, 3.63) is 47.5 Å². The van der Waals surface area contributed by atoms with Crippen molar-refractivity contribution in [2.75, 3.05) is 32.7 Å². The van der Waals surface area contributed by atoms with Crippen LogP contribution >= 0.6 is 0 Å². The standard InChI is InChI=1S/C21H28N2O4/c1-5-12-27-19-13-15(2)6-8-17(19)23-21(24)22-11-10-16-7-9-18(25-3)20(14-16)26-4/h6-9,13-14H,5,10-12H2,1-4H3,(H2,22,23,24). The van der Waals surface area contributed by atoms with Gasteiger partial charge in [0.1, 0.15) is 5.75 Å². The van der Waals surface area contributed by atoms with E-state index in [2.05, 4.69) is 10.6 Å². The van der Waals surface area contributed by atoms with Crippen LogP contribution < -0.4 is 24.8 Å². The molecule has 2 amide bonds. The van der Waals surface area contributed by atoms with Gasteiger partial charge in [-0.15, -0.1) is 0 Å². The van der Waals surface area contributed by atoms with Crippen LogP contribution in [-0.4, -0.2) is 33.4 Å². The van der Waals surface area contributed by atoms with Gasteiger partial charge in [0.2, 0.25) is 0 Å². The van der Waals surface area contributed by atoms with Crippen LogP contribution in [0.4, 0.5) is 10.5 Å². The number of rotatable bonds is 9. The molecule has 2 N–H and O–H groups in total. The van der Waals surface area contributed by atoms with Gasteiger partial charge in [0.05, 0.1) is 26.5 Å². The smallest absolute Gasteiger partial charge is 0.319 e. The second kappa shape index (κ2) is 10.3. The summed E-state index contributed by atoms with van der Waals surface area (Å²) in [6.45, 7) is 5.15. The largest absolute Gasteiger partial charge is 0.493 e. The average molecular weight is 372 g/mol. The highest BCUT2D eigenvalue weighted by molar-refractivity contribution is 5.91. The highest BCUT2D eigenvalue weighted by Crippen LogP contribution is 2.28. The maximum Gasteiger partial charge on any atom is 0.319 e. The molecule has 0 radical (unpaired) electrons. The number of hydrogen-bond donors (Lipinski definition) is 2. The Labute approximate surface area is 160 Å². The summed E-state index contributed by atoms with van der Waals surface area (Å²) in [6.07, 6.45) is 1.59. The van der Waals surface area contributed by atoms with Crippen LogP contribution in [0.15, 0.2) is 36.4 Å². The van der Waals surface area contributed by atoms with Gasteiger partial charge in [0, 0.05) is 6.54 Å². The van der Waals surface area contributed by atoms with E-state index in [0.717, 1.165) is 17.5 Å². The fourth-order valence-electron chi connectivity index (χ4n) is 2.59. The van der Waals surface area contributed by atoms with Gasteiger partial charge in [0.25, 0.3) is 0 Å². The summed E-state index contributed by atoms with van der Waals surface area (Å²) in [5, 5.41) is 5.72. The molecular formula is C21H28N2O4. The fraction of sp³-hybridized carbons (Fsp3) is 0.381. The molecule has 0 fully saturated rings. The minimum absolute atomic E-state index is 0.263. The molecular weight excluding hydrogens is 344 g/mol. The minimum Gasteiger partial charge on any atom is -0.493 e. The van der Waals surface area contributed by atoms with Gasteiger partial charge in [0.15, 0.2) is 11.5 Å². The van der Waals surface area contributed by atoms with Gasteiger partial charge >= 0.3 is 6.03 Å². The van der Waals surface area contributed by atoms with E-state index < -0.39 is 0 Å². The number of hydrogen-bond acceptors (Lipinski definition) is 4. The molecule has 0 aliphatic heterocycles. The van der Waals surface area contributed by atoms with Gasteiger partial charge in [-0.3, -0.25) is 0 Å². The summed E-state index contributed by atoms with van der Waals surface area (Å²) in [5.41, 5.74) is 2.80. The monoisotopic (exact) mass is 372 g/mol. The average Bonchev–Trinajstić information content (AvgIpc) is 2.67. The lowest BCUT2D eigenvalue weighted by Gasteiger charge is -2.14. The number of ether oxygens (including phenoxy) is 3. The molecule has 146 valence electrons. The Kier molecular flexibility index (Phi) is 7.79. The summed E-state index contributed by atoms with van der Waals surface area (Å²) in [5.74, 6) is 2.05. The lowest BCUT2D eigenvalue weighted by atomic mass is 10.1. The zero-order chi connectivity index (χ0) is 19.6. The number of carbonyl (C=O) groups excluding carboxylic acids is 1. The molecule has 0 aliphatic carbocycles. The number of carbonyl (C=O) groups is 1. The molecule has 6 heteroatoms. The SMILES string of the molecule is CCCOc1cc(C)ccc1NC(=O)NCCc1ccc(OC)c(OC)c1. The number of amides is 2. The van der Waals surface area contributed by atoms with Crippen molar-refractivity contribution in [3.63, 3.8) is 0 Å². The van der Waals surface area contributed by atoms with E-state index in [9.17, 15) is 4.79 Å². The Hall–Kier alpha value is -2.89. The zero-order valence-corrected chi connectivity index (χ0v) is 16.4. The lowest BCUT2D eigenvalue weighted by Crippen LogP contribution is -2.30. The maximum atomic E-state index is 12.2. The second-order valence-electron chi connectivity index (χ2n) is 6.17. The van der Waals surface area contributed by atoms with Crippen LogP contribution in [0.25, 0.3) is 0 Å².